The second kappa shape index (κ2) is 10.6. The number of aryl methyl sites for hydroxylation is 1. The van der Waals surface area contributed by atoms with Crippen molar-refractivity contribution < 1.29 is 19.1 Å². The molecule has 0 aromatic carbocycles. The molecule has 0 radical (unpaired) electrons. The van der Waals surface area contributed by atoms with Crippen LogP contribution in [0.3, 0.4) is 0 Å². The summed E-state index contributed by atoms with van der Waals surface area (Å²) in [6.45, 7) is 7.75. The van der Waals surface area contributed by atoms with Crippen LogP contribution in [-0.2, 0) is 27.4 Å². The van der Waals surface area contributed by atoms with E-state index in [-0.39, 0.29) is 17.9 Å². The fourth-order valence-corrected chi connectivity index (χ4v) is 4.96. The lowest BCUT2D eigenvalue weighted by atomic mass is 10.1. The van der Waals surface area contributed by atoms with Crippen molar-refractivity contribution >= 4 is 45.6 Å². The summed E-state index contributed by atoms with van der Waals surface area (Å²) in [6.07, 6.45) is 4.33. The largest absolute Gasteiger partial charge is 0.464 e. The number of carbonyl (C=O) groups is 2. The summed E-state index contributed by atoms with van der Waals surface area (Å²) in [5, 5.41) is 7.11. The van der Waals surface area contributed by atoms with Gasteiger partial charge in [-0.15, -0.1) is 11.3 Å². The maximum Gasteiger partial charge on any atom is 0.356 e. The zero-order valence-corrected chi connectivity index (χ0v) is 21.0. The van der Waals surface area contributed by atoms with Gasteiger partial charge in [0, 0.05) is 34.2 Å². The van der Waals surface area contributed by atoms with Crippen molar-refractivity contribution in [3.63, 3.8) is 0 Å². The molecule has 2 atom stereocenters. The van der Waals surface area contributed by atoms with E-state index in [2.05, 4.69) is 29.7 Å². The molecule has 1 amide bonds. The predicted octanol–water partition coefficient (Wildman–Crippen LogP) is 4.97. The summed E-state index contributed by atoms with van der Waals surface area (Å²) in [6, 6.07) is 6.14. The van der Waals surface area contributed by atoms with E-state index in [0.717, 1.165) is 18.5 Å². The van der Waals surface area contributed by atoms with Crippen LogP contribution in [0.25, 0.3) is 11.0 Å². The van der Waals surface area contributed by atoms with E-state index in [9.17, 15) is 9.59 Å². The van der Waals surface area contributed by atoms with Crippen LogP contribution in [0.2, 0.25) is 0 Å². The molecule has 8 nitrogen and oxygen atoms in total. The van der Waals surface area contributed by atoms with Gasteiger partial charge in [0.15, 0.2) is 5.69 Å². The van der Waals surface area contributed by atoms with Crippen molar-refractivity contribution in [2.45, 2.75) is 59.2 Å². The van der Waals surface area contributed by atoms with Gasteiger partial charge >= 0.3 is 5.97 Å². The number of anilines is 2. The monoisotopic (exact) mass is 484 g/mol. The van der Waals surface area contributed by atoms with E-state index >= 15 is 0 Å². The number of ether oxygens (including phenoxy) is 2. The number of methoxy groups -OCH3 is 1. The summed E-state index contributed by atoms with van der Waals surface area (Å²) in [5.41, 5.74) is 2.16. The summed E-state index contributed by atoms with van der Waals surface area (Å²) in [4.78, 5) is 33.0. The number of aromatic nitrogens is 2. The summed E-state index contributed by atoms with van der Waals surface area (Å²) < 4.78 is 12.8. The molecule has 0 spiro atoms. The predicted molar refractivity (Wildman–Crippen MR) is 135 cm³/mol. The van der Waals surface area contributed by atoms with Crippen molar-refractivity contribution in [2.75, 3.05) is 24.4 Å². The van der Waals surface area contributed by atoms with Gasteiger partial charge in [0.25, 0.3) is 0 Å². The minimum atomic E-state index is -0.515. The lowest BCUT2D eigenvalue weighted by Crippen LogP contribution is -2.23. The Bertz CT molecular complexity index is 1180. The van der Waals surface area contributed by atoms with Gasteiger partial charge in [-0.25, -0.2) is 9.78 Å². The quantitative estimate of drug-likeness (QED) is 0.417. The van der Waals surface area contributed by atoms with Crippen LogP contribution in [0.4, 0.5) is 11.4 Å². The van der Waals surface area contributed by atoms with Gasteiger partial charge in [-0.1, -0.05) is 13.8 Å². The Hall–Kier alpha value is -2.91. The second-order valence-corrected chi connectivity index (χ2v) is 10.1. The lowest BCUT2D eigenvalue weighted by molar-refractivity contribution is -0.119. The number of esters is 1. The second-order valence-electron chi connectivity index (χ2n) is 8.72. The Kier molecular flexibility index (Phi) is 7.53. The molecule has 1 aliphatic rings. The molecule has 4 rings (SSSR count). The van der Waals surface area contributed by atoms with E-state index in [1.54, 1.807) is 17.5 Å². The molecule has 9 heteroatoms. The van der Waals surface area contributed by atoms with Gasteiger partial charge in [0.1, 0.15) is 5.65 Å². The molecule has 3 aromatic heterocycles. The molecule has 0 bridgehead atoms. The number of nitrogens with one attached hydrogen (secondary N) is 2. The summed E-state index contributed by atoms with van der Waals surface area (Å²) in [7, 11) is 1.35. The summed E-state index contributed by atoms with van der Waals surface area (Å²) >= 11 is 1.74. The molecule has 1 aliphatic heterocycles. The Labute approximate surface area is 203 Å². The van der Waals surface area contributed by atoms with Gasteiger partial charge in [-0.3, -0.25) is 4.79 Å². The topological polar surface area (TPSA) is 94.5 Å². The third kappa shape index (κ3) is 5.10. The fraction of sp³-hybridized carbons (Fsp3) is 0.480. The Morgan fingerprint density at radius 3 is 2.85 bits per heavy atom. The van der Waals surface area contributed by atoms with Gasteiger partial charge in [-0.05, 0) is 44.4 Å². The number of nitrogens with zero attached hydrogens (tertiary/aromatic N) is 2. The molecule has 1 saturated heterocycles. The first-order valence-corrected chi connectivity index (χ1v) is 12.5. The number of pyridine rings is 1. The number of hydrogen-bond acceptors (Lipinski definition) is 7. The number of amides is 1. The van der Waals surface area contributed by atoms with Crippen molar-refractivity contribution in [1.29, 1.82) is 0 Å². The number of fused-ring (bicyclic) bond motifs is 1. The van der Waals surface area contributed by atoms with Gasteiger partial charge < -0.3 is 24.7 Å². The maximum atomic E-state index is 12.9. The van der Waals surface area contributed by atoms with E-state index in [4.69, 9.17) is 14.5 Å². The van der Waals surface area contributed by atoms with Crippen molar-refractivity contribution in [1.82, 2.24) is 9.55 Å². The highest BCUT2D eigenvalue weighted by Crippen LogP contribution is 2.34. The average molecular weight is 485 g/mol. The summed E-state index contributed by atoms with van der Waals surface area (Å²) in [5.74, 6) is -0.853. The Morgan fingerprint density at radius 1 is 1.38 bits per heavy atom. The number of carbonyl (C=O) groups excluding carboxylic acids is 2. The standard InChI is InChI=1S/C25H32N4O4S/c1-5-15(2)24(30)28-21-20-11-17(26-13-19-9-8-16(3)34-19)12-27-23(20)29(22(21)25(31)32-4)14-18-7-6-10-33-18/h8-9,11-12,15,18,26H,5-7,10,13-14H2,1-4H3,(H,28,30). The van der Waals surface area contributed by atoms with E-state index in [0.29, 0.717) is 48.5 Å². The van der Waals surface area contributed by atoms with Gasteiger partial charge in [-0.2, -0.15) is 0 Å². The first-order chi connectivity index (χ1) is 16.4. The van der Waals surface area contributed by atoms with Crippen LogP contribution in [0.1, 0.15) is 53.4 Å². The highest BCUT2D eigenvalue weighted by Gasteiger charge is 2.29. The SMILES string of the molecule is CCC(C)C(=O)Nc1c(C(=O)OC)n(CC2CCCO2)c2ncc(NCc3ccc(C)s3)cc12. The van der Waals surface area contributed by atoms with Crippen molar-refractivity contribution in [3.8, 4) is 0 Å². The first kappa shape index (κ1) is 24.2. The lowest BCUT2D eigenvalue weighted by Gasteiger charge is -2.15. The van der Waals surface area contributed by atoms with Crippen LogP contribution >= 0.6 is 11.3 Å². The van der Waals surface area contributed by atoms with E-state index < -0.39 is 5.97 Å². The van der Waals surface area contributed by atoms with Gasteiger partial charge in [0.05, 0.1) is 37.3 Å². The van der Waals surface area contributed by atoms with E-state index in [1.165, 1.54) is 16.9 Å². The van der Waals surface area contributed by atoms with Crippen LogP contribution < -0.4 is 10.6 Å². The zero-order valence-electron chi connectivity index (χ0n) is 20.1. The molecule has 0 saturated carbocycles. The van der Waals surface area contributed by atoms with Crippen LogP contribution in [0.5, 0.6) is 0 Å². The minimum absolute atomic E-state index is 0.0150. The Balaban J connectivity index is 1.77. The molecule has 3 aromatic rings. The molecule has 0 aliphatic carbocycles. The smallest absolute Gasteiger partial charge is 0.356 e. The molecular formula is C25H32N4O4S. The third-order valence-corrected chi connectivity index (χ3v) is 7.26. The normalized spacial score (nSPS) is 16.5. The maximum absolute atomic E-state index is 12.9. The van der Waals surface area contributed by atoms with E-state index in [1.807, 2.05) is 24.5 Å². The highest BCUT2D eigenvalue weighted by atomic mass is 32.1. The molecule has 4 heterocycles. The molecular weight excluding hydrogens is 452 g/mol. The first-order valence-electron chi connectivity index (χ1n) is 11.7. The molecule has 2 N–H and O–H groups in total. The fourth-order valence-electron chi connectivity index (χ4n) is 4.13. The highest BCUT2D eigenvalue weighted by molar-refractivity contribution is 7.11. The minimum Gasteiger partial charge on any atom is -0.464 e. The van der Waals surface area contributed by atoms with Crippen LogP contribution in [0.15, 0.2) is 24.4 Å². The zero-order chi connectivity index (χ0) is 24.2. The molecule has 182 valence electrons. The van der Waals surface area contributed by atoms with Crippen LogP contribution in [-0.4, -0.2) is 41.2 Å². The average Bonchev–Trinajstić information content (AvgIpc) is 3.57. The number of hydrogen-bond donors (Lipinski definition) is 2. The molecule has 2 unspecified atom stereocenters. The van der Waals surface area contributed by atoms with Crippen molar-refractivity contribution in [3.05, 3.63) is 39.8 Å². The number of thiophene rings is 1. The van der Waals surface area contributed by atoms with Crippen molar-refractivity contribution in [2.24, 2.45) is 5.92 Å². The van der Waals surface area contributed by atoms with Gasteiger partial charge in [0.2, 0.25) is 5.91 Å². The molecule has 34 heavy (non-hydrogen) atoms. The molecule has 1 fully saturated rings. The Morgan fingerprint density at radius 2 is 2.21 bits per heavy atom. The third-order valence-electron chi connectivity index (χ3n) is 6.26. The van der Waals surface area contributed by atoms with Crippen LogP contribution in [0, 0.1) is 12.8 Å². The number of rotatable bonds is 9.